The molecule has 1 saturated heterocycles. The average Bonchev–Trinajstić information content (AvgIpc) is 3.34. The van der Waals surface area contributed by atoms with Crippen LogP contribution in [0.25, 0.3) is 16.6 Å². The van der Waals surface area contributed by atoms with Crippen molar-refractivity contribution in [3.63, 3.8) is 0 Å². The number of benzene rings is 1. The highest BCUT2D eigenvalue weighted by Crippen LogP contribution is 2.34. The number of nitrogens with zero attached hydrogens (tertiary/aromatic N) is 6. The molecule has 0 aliphatic carbocycles. The van der Waals surface area contributed by atoms with E-state index >= 15 is 0 Å². The Hall–Kier alpha value is -3.53. The summed E-state index contributed by atoms with van der Waals surface area (Å²) in [6.07, 6.45) is 3.48. The molecule has 4 heterocycles. The minimum absolute atomic E-state index is 0.105. The van der Waals surface area contributed by atoms with Crippen molar-refractivity contribution in [2.75, 3.05) is 32.2 Å². The normalized spacial score (nSPS) is 14.2. The summed E-state index contributed by atoms with van der Waals surface area (Å²) in [4.78, 5) is 6.38. The lowest BCUT2D eigenvalue weighted by Crippen LogP contribution is -2.48. The van der Waals surface area contributed by atoms with Gasteiger partial charge in [0.15, 0.2) is 5.82 Å². The molecule has 0 bridgehead atoms. The number of fused-ring (bicyclic) bond motifs is 1. The van der Waals surface area contributed by atoms with Gasteiger partial charge in [0.05, 0.1) is 25.0 Å². The van der Waals surface area contributed by atoms with Gasteiger partial charge in [-0.15, -0.1) is 10.2 Å². The second-order valence-electron chi connectivity index (χ2n) is 7.66. The van der Waals surface area contributed by atoms with Crippen molar-refractivity contribution in [1.82, 2.24) is 24.3 Å². The molecule has 5 rings (SSSR count). The van der Waals surface area contributed by atoms with Crippen molar-refractivity contribution in [2.45, 2.75) is 19.3 Å². The number of anilines is 1. The van der Waals surface area contributed by atoms with Crippen LogP contribution in [0.4, 0.5) is 14.7 Å². The third-order valence-electron chi connectivity index (χ3n) is 5.73. The van der Waals surface area contributed by atoms with E-state index in [4.69, 9.17) is 9.47 Å². The number of methoxy groups -OCH3 is 2. The van der Waals surface area contributed by atoms with E-state index in [-0.39, 0.29) is 11.9 Å². The van der Waals surface area contributed by atoms with E-state index in [0.717, 1.165) is 11.2 Å². The molecule has 0 unspecified atom stereocenters. The number of alkyl halides is 1. The van der Waals surface area contributed by atoms with Crippen molar-refractivity contribution < 1.29 is 18.3 Å². The minimum Gasteiger partial charge on any atom is -0.481 e. The predicted octanol–water partition coefficient (Wildman–Crippen LogP) is 3.44. The van der Waals surface area contributed by atoms with E-state index in [1.165, 1.54) is 12.1 Å². The quantitative estimate of drug-likeness (QED) is 0.439. The lowest BCUT2D eigenvalue weighted by atomic mass is 10.1. The molecule has 1 fully saturated rings. The van der Waals surface area contributed by atoms with Gasteiger partial charge in [0.25, 0.3) is 0 Å². The first kappa shape index (κ1) is 20.4. The summed E-state index contributed by atoms with van der Waals surface area (Å²) in [7, 11) is 3.17. The molecule has 1 aromatic carbocycles. The first-order valence-electron chi connectivity index (χ1n) is 10.2. The van der Waals surface area contributed by atoms with Gasteiger partial charge in [-0.2, -0.15) is 0 Å². The zero-order valence-corrected chi connectivity index (χ0v) is 17.7. The van der Waals surface area contributed by atoms with Crippen LogP contribution in [0.15, 0.2) is 42.7 Å². The van der Waals surface area contributed by atoms with Gasteiger partial charge < -0.3 is 18.9 Å². The van der Waals surface area contributed by atoms with Crippen molar-refractivity contribution in [3.05, 3.63) is 59.9 Å². The Balaban J connectivity index is 1.44. The number of rotatable bonds is 7. The number of ether oxygens (including phenoxy) is 2. The molecule has 0 radical (unpaired) electrons. The van der Waals surface area contributed by atoms with Crippen molar-refractivity contribution in [3.8, 4) is 11.6 Å². The number of aromatic nitrogens is 5. The molecule has 32 heavy (non-hydrogen) atoms. The standard InChI is InChI=1S/C22H22F2N6O2/c1-31-13-20-26-27-22(30(20)16-4-6-21(32-2)25-9-16)28-11-17(12-28)29-10-14(8-23)18-7-15(24)3-5-19(18)29/h3-7,9-10,17H,8,11-13H2,1-2H3. The molecule has 3 aromatic heterocycles. The molecule has 1 aliphatic heterocycles. The van der Waals surface area contributed by atoms with Crippen LogP contribution in [0.1, 0.15) is 17.4 Å². The predicted molar refractivity (Wildman–Crippen MR) is 114 cm³/mol. The molecule has 166 valence electrons. The number of halogens is 2. The Labute approximate surface area is 183 Å². The molecule has 8 nitrogen and oxygen atoms in total. The molecule has 0 saturated carbocycles. The highest BCUT2D eigenvalue weighted by molar-refractivity contribution is 5.84. The van der Waals surface area contributed by atoms with Crippen LogP contribution < -0.4 is 9.64 Å². The van der Waals surface area contributed by atoms with E-state index in [0.29, 0.717) is 48.3 Å². The third kappa shape index (κ3) is 3.36. The fraction of sp³-hybridized carbons (Fsp3) is 0.318. The minimum atomic E-state index is -0.636. The summed E-state index contributed by atoms with van der Waals surface area (Å²) < 4.78 is 41.5. The molecule has 0 N–H and O–H groups in total. The van der Waals surface area contributed by atoms with Gasteiger partial charge in [-0.25, -0.2) is 13.8 Å². The van der Waals surface area contributed by atoms with Gasteiger partial charge in [0.1, 0.15) is 19.1 Å². The maximum atomic E-state index is 13.7. The van der Waals surface area contributed by atoms with Crippen LogP contribution in [-0.2, 0) is 18.0 Å². The monoisotopic (exact) mass is 440 g/mol. The van der Waals surface area contributed by atoms with Crippen LogP contribution in [0.3, 0.4) is 0 Å². The second-order valence-corrected chi connectivity index (χ2v) is 7.66. The van der Waals surface area contributed by atoms with Gasteiger partial charge in [-0.05, 0) is 24.3 Å². The van der Waals surface area contributed by atoms with Crippen LogP contribution >= 0.6 is 0 Å². The topological polar surface area (TPSA) is 70.2 Å². The average molecular weight is 440 g/mol. The Morgan fingerprint density at radius 3 is 2.66 bits per heavy atom. The van der Waals surface area contributed by atoms with Gasteiger partial charge in [0, 0.05) is 48.9 Å². The van der Waals surface area contributed by atoms with Crippen molar-refractivity contribution in [1.29, 1.82) is 0 Å². The number of pyridine rings is 1. The van der Waals surface area contributed by atoms with E-state index in [2.05, 4.69) is 20.1 Å². The van der Waals surface area contributed by atoms with Crippen LogP contribution in [-0.4, -0.2) is 51.6 Å². The lowest BCUT2D eigenvalue weighted by molar-refractivity contribution is 0.176. The molecule has 0 atom stereocenters. The van der Waals surface area contributed by atoms with Crippen molar-refractivity contribution >= 4 is 16.9 Å². The zero-order chi connectivity index (χ0) is 22.2. The van der Waals surface area contributed by atoms with Crippen molar-refractivity contribution in [2.24, 2.45) is 0 Å². The molecule has 0 amide bonds. The summed E-state index contributed by atoms with van der Waals surface area (Å²) in [6.45, 7) is 0.968. The molecule has 1 aliphatic rings. The van der Waals surface area contributed by atoms with Gasteiger partial charge in [0.2, 0.25) is 11.8 Å². The molecule has 10 heteroatoms. The van der Waals surface area contributed by atoms with Crippen LogP contribution in [0.5, 0.6) is 5.88 Å². The molecular formula is C22H22F2N6O2. The summed E-state index contributed by atoms with van der Waals surface area (Å²) >= 11 is 0. The summed E-state index contributed by atoms with van der Waals surface area (Å²) in [5.74, 6) is 1.47. The number of hydrogen-bond donors (Lipinski definition) is 0. The lowest BCUT2D eigenvalue weighted by Gasteiger charge is -2.41. The smallest absolute Gasteiger partial charge is 0.232 e. The van der Waals surface area contributed by atoms with Crippen LogP contribution in [0.2, 0.25) is 0 Å². The van der Waals surface area contributed by atoms with E-state index in [1.807, 2.05) is 15.2 Å². The Bertz CT molecular complexity index is 1250. The summed E-state index contributed by atoms with van der Waals surface area (Å²) in [5.41, 5.74) is 2.11. The molecule has 0 spiro atoms. The SMILES string of the molecule is COCc1nnc(N2CC(n3cc(CF)c4cc(F)ccc43)C2)n1-c1ccc(OC)nc1. The maximum Gasteiger partial charge on any atom is 0.232 e. The highest BCUT2D eigenvalue weighted by Gasteiger charge is 2.33. The fourth-order valence-electron chi connectivity index (χ4n) is 4.13. The highest BCUT2D eigenvalue weighted by atomic mass is 19.1. The van der Waals surface area contributed by atoms with Gasteiger partial charge in [-0.3, -0.25) is 4.57 Å². The fourth-order valence-corrected chi connectivity index (χ4v) is 4.13. The molecular weight excluding hydrogens is 418 g/mol. The zero-order valence-electron chi connectivity index (χ0n) is 17.7. The summed E-state index contributed by atoms with van der Waals surface area (Å²) in [5, 5.41) is 9.28. The molecule has 4 aromatic rings. The first-order chi connectivity index (χ1) is 15.6. The summed E-state index contributed by atoms with van der Waals surface area (Å²) in [6, 6.07) is 8.26. The Morgan fingerprint density at radius 2 is 1.97 bits per heavy atom. The Kier molecular flexibility index (Phi) is 5.22. The van der Waals surface area contributed by atoms with E-state index in [1.54, 1.807) is 38.7 Å². The van der Waals surface area contributed by atoms with E-state index < -0.39 is 6.67 Å². The first-order valence-corrected chi connectivity index (χ1v) is 10.2. The van der Waals surface area contributed by atoms with Crippen LogP contribution in [0, 0.1) is 5.82 Å². The maximum absolute atomic E-state index is 13.7. The second kappa shape index (κ2) is 8.19. The largest absolute Gasteiger partial charge is 0.481 e. The Morgan fingerprint density at radius 1 is 1.12 bits per heavy atom. The van der Waals surface area contributed by atoms with E-state index in [9.17, 15) is 8.78 Å². The number of hydrogen-bond acceptors (Lipinski definition) is 6. The van der Waals surface area contributed by atoms with Gasteiger partial charge >= 0.3 is 0 Å². The third-order valence-corrected chi connectivity index (χ3v) is 5.73. The van der Waals surface area contributed by atoms with Gasteiger partial charge in [-0.1, -0.05) is 0 Å².